The van der Waals surface area contributed by atoms with Crippen LogP contribution in [-0.2, 0) is 4.79 Å². The molecule has 0 aliphatic carbocycles. The van der Waals surface area contributed by atoms with Gasteiger partial charge in [0.25, 0.3) is 0 Å². The molecule has 9 heteroatoms. The van der Waals surface area contributed by atoms with E-state index in [-0.39, 0.29) is 47.7 Å². The summed E-state index contributed by atoms with van der Waals surface area (Å²) in [4.78, 5) is 15.6. The van der Waals surface area contributed by atoms with E-state index < -0.39 is 24.6 Å². The summed E-state index contributed by atoms with van der Waals surface area (Å²) >= 11 is 0. The second-order valence-corrected chi connectivity index (χ2v) is 8.40. The maximum atomic E-state index is 13.7. The quantitative estimate of drug-likeness (QED) is 0.352. The zero-order chi connectivity index (χ0) is 24.8. The number of carbonyl (C=O) groups is 1. The molecule has 0 saturated carbocycles. The average molecular weight is 490 g/mol. The van der Waals surface area contributed by atoms with Crippen molar-refractivity contribution in [3.63, 3.8) is 0 Å². The number of aliphatic hydroxyl groups excluding tert-OH is 2. The molecule has 0 spiro atoms. The third-order valence-electron chi connectivity index (χ3n) is 5.37. The number of aliphatic carboxylic acids is 1. The standard InChI is InChI=1S/C26H30FN3O4.Na/c1-16(2)26-29-24(18-5-4-6-20(13-18)28-3)25(17-7-9-19(27)10-8-17)30(26)12-11-21(31)14-22(32)15-23(33)34;/h4-13,16,21-22,28,31-32H,14-15H2,1-3H3,(H,33,34);/q;+1/p-1/b12-11+;/t21-,22-;/m1./s1. The number of anilines is 1. The van der Waals surface area contributed by atoms with E-state index in [0.717, 1.165) is 28.3 Å². The van der Waals surface area contributed by atoms with E-state index in [9.17, 15) is 24.5 Å². The SMILES string of the molecule is CNc1cccc(-c2nc(C(C)C)n(/C=C/[C@@H](O)C[C@@H](O)CC(=O)[O-])c2-c2ccc(F)cc2)c1.[Na+]. The molecule has 0 bridgehead atoms. The molecular formula is C26H29FN3NaO4. The largest absolute Gasteiger partial charge is 1.00 e. The van der Waals surface area contributed by atoms with Gasteiger partial charge in [-0.1, -0.05) is 26.0 Å². The third-order valence-corrected chi connectivity index (χ3v) is 5.37. The zero-order valence-electron chi connectivity index (χ0n) is 20.4. The van der Waals surface area contributed by atoms with Crippen molar-refractivity contribution in [1.82, 2.24) is 9.55 Å². The first-order chi connectivity index (χ1) is 16.2. The summed E-state index contributed by atoms with van der Waals surface area (Å²) in [5.74, 6) is -0.994. The van der Waals surface area contributed by atoms with Crippen LogP contribution in [0.4, 0.5) is 10.1 Å². The molecule has 0 saturated heterocycles. The van der Waals surface area contributed by atoms with Crippen LogP contribution in [0.25, 0.3) is 28.7 Å². The number of carbonyl (C=O) groups excluding carboxylic acids is 1. The van der Waals surface area contributed by atoms with Gasteiger partial charge in [0.15, 0.2) is 0 Å². The first kappa shape index (κ1) is 28.7. The molecule has 35 heavy (non-hydrogen) atoms. The van der Waals surface area contributed by atoms with E-state index >= 15 is 0 Å². The van der Waals surface area contributed by atoms with E-state index in [1.807, 2.05) is 49.7 Å². The number of nitrogens with one attached hydrogen (secondary N) is 1. The fourth-order valence-electron chi connectivity index (χ4n) is 3.73. The summed E-state index contributed by atoms with van der Waals surface area (Å²) < 4.78 is 15.5. The van der Waals surface area contributed by atoms with Gasteiger partial charge in [0.05, 0.1) is 23.6 Å². The molecule has 2 atom stereocenters. The normalized spacial score (nSPS) is 13.0. The van der Waals surface area contributed by atoms with Crippen molar-refractivity contribution in [3.8, 4) is 22.5 Å². The molecule has 3 rings (SSSR count). The van der Waals surface area contributed by atoms with Crippen molar-refractivity contribution in [2.24, 2.45) is 0 Å². The minimum Gasteiger partial charge on any atom is -0.550 e. The molecule has 0 amide bonds. The number of carboxylic acid groups (broad SMARTS) is 1. The van der Waals surface area contributed by atoms with Crippen LogP contribution in [0.1, 0.15) is 38.4 Å². The number of benzene rings is 2. The summed E-state index contributed by atoms with van der Waals surface area (Å²) in [6, 6.07) is 13.9. The molecule has 0 radical (unpaired) electrons. The zero-order valence-corrected chi connectivity index (χ0v) is 22.4. The molecule has 3 aromatic rings. The Morgan fingerprint density at radius 3 is 2.46 bits per heavy atom. The maximum absolute atomic E-state index is 13.7. The van der Waals surface area contributed by atoms with Crippen LogP contribution in [0.5, 0.6) is 0 Å². The maximum Gasteiger partial charge on any atom is 1.00 e. The molecule has 0 aliphatic heterocycles. The molecule has 7 nitrogen and oxygen atoms in total. The first-order valence-electron chi connectivity index (χ1n) is 11.1. The first-order valence-corrected chi connectivity index (χ1v) is 11.1. The number of imidazole rings is 1. The molecule has 180 valence electrons. The summed E-state index contributed by atoms with van der Waals surface area (Å²) in [7, 11) is 1.83. The Hall–Kier alpha value is -2.49. The summed E-state index contributed by atoms with van der Waals surface area (Å²) in [5, 5.41) is 34.0. The predicted octanol–water partition coefficient (Wildman–Crippen LogP) is 0.248. The minimum atomic E-state index is -1.38. The van der Waals surface area contributed by atoms with Crippen molar-refractivity contribution in [2.75, 3.05) is 12.4 Å². The number of nitrogens with zero attached hydrogens (tertiary/aromatic N) is 2. The summed E-state index contributed by atoms with van der Waals surface area (Å²) in [6.07, 6.45) is 0.108. The van der Waals surface area contributed by atoms with Gasteiger partial charge in [-0.25, -0.2) is 9.37 Å². The molecular weight excluding hydrogens is 460 g/mol. The van der Waals surface area contributed by atoms with Gasteiger partial charge in [-0.3, -0.25) is 0 Å². The Bertz CT molecular complexity index is 1160. The molecule has 2 aromatic carbocycles. The Morgan fingerprint density at radius 2 is 1.86 bits per heavy atom. The van der Waals surface area contributed by atoms with Gasteiger partial charge in [-0.15, -0.1) is 0 Å². The number of rotatable bonds is 10. The second-order valence-electron chi connectivity index (χ2n) is 8.40. The number of hydrogen-bond donors (Lipinski definition) is 3. The van der Waals surface area contributed by atoms with Crippen LogP contribution in [-0.4, -0.2) is 45.0 Å². The summed E-state index contributed by atoms with van der Waals surface area (Å²) in [5.41, 5.74) is 3.93. The Kier molecular flexibility index (Phi) is 10.7. The van der Waals surface area contributed by atoms with E-state index in [2.05, 4.69) is 5.32 Å². The smallest absolute Gasteiger partial charge is 0.550 e. The van der Waals surface area contributed by atoms with Crippen LogP contribution in [0.15, 0.2) is 54.6 Å². The minimum absolute atomic E-state index is 0. The molecule has 1 heterocycles. The van der Waals surface area contributed by atoms with Crippen molar-refractivity contribution in [2.45, 2.75) is 44.8 Å². The van der Waals surface area contributed by atoms with Crippen LogP contribution in [0, 0.1) is 5.82 Å². The van der Waals surface area contributed by atoms with E-state index in [1.54, 1.807) is 18.3 Å². The van der Waals surface area contributed by atoms with Crippen molar-refractivity contribution in [3.05, 3.63) is 66.2 Å². The van der Waals surface area contributed by atoms with Crippen LogP contribution in [0.2, 0.25) is 0 Å². The Morgan fingerprint density at radius 1 is 1.17 bits per heavy atom. The van der Waals surface area contributed by atoms with Gasteiger partial charge in [-0.05, 0) is 42.5 Å². The van der Waals surface area contributed by atoms with Gasteiger partial charge < -0.3 is 30.0 Å². The van der Waals surface area contributed by atoms with E-state index in [4.69, 9.17) is 4.98 Å². The number of hydrogen-bond acceptors (Lipinski definition) is 6. The van der Waals surface area contributed by atoms with Crippen LogP contribution in [0.3, 0.4) is 0 Å². The number of aliphatic hydroxyl groups is 2. The Balaban J connectivity index is 0.00000432. The third kappa shape index (κ3) is 7.49. The van der Waals surface area contributed by atoms with Crippen molar-refractivity contribution in [1.29, 1.82) is 0 Å². The second kappa shape index (κ2) is 13.0. The number of halogens is 1. The van der Waals surface area contributed by atoms with Gasteiger partial charge in [0.2, 0.25) is 0 Å². The van der Waals surface area contributed by atoms with E-state index in [0.29, 0.717) is 5.69 Å². The van der Waals surface area contributed by atoms with Gasteiger partial charge in [0, 0.05) is 54.8 Å². The molecule has 3 N–H and O–H groups in total. The van der Waals surface area contributed by atoms with Crippen LogP contribution >= 0.6 is 0 Å². The molecule has 0 unspecified atom stereocenters. The Labute approximate surface area is 226 Å². The van der Waals surface area contributed by atoms with Gasteiger partial charge in [0.1, 0.15) is 11.6 Å². The molecule has 0 fully saturated rings. The monoisotopic (exact) mass is 489 g/mol. The van der Waals surface area contributed by atoms with Crippen LogP contribution < -0.4 is 40.0 Å². The molecule has 0 aliphatic rings. The van der Waals surface area contributed by atoms with Crippen molar-refractivity contribution >= 4 is 17.9 Å². The topological polar surface area (TPSA) is 110 Å². The summed E-state index contributed by atoms with van der Waals surface area (Å²) in [6.45, 7) is 3.99. The number of aromatic nitrogens is 2. The predicted molar refractivity (Wildman–Crippen MR) is 128 cm³/mol. The number of carboxylic acids is 1. The molecule has 1 aromatic heterocycles. The van der Waals surface area contributed by atoms with Gasteiger partial charge in [-0.2, -0.15) is 0 Å². The average Bonchev–Trinajstić information content (AvgIpc) is 3.17. The van der Waals surface area contributed by atoms with Crippen molar-refractivity contribution < 1.29 is 54.1 Å². The van der Waals surface area contributed by atoms with Gasteiger partial charge >= 0.3 is 29.6 Å². The fraction of sp³-hybridized carbons (Fsp3) is 0.308. The fourth-order valence-corrected chi connectivity index (χ4v) is 3.73. The van der Waals surface area contributed by atoms with E-state index in [1.165, 1.54) is 18.2 Å².